The molecule has 0 heterocycles. The van der Waals surface area contributed by atoms with Crippen LogP contribution in [0.5, 0.6) is 0 Å². The summed E-state index contributed by atoms with van der Waals surface area (Å²) in [6.07, 6.45) is 2.91. The van der Waals surface area contributed by atoms with Gasteiger partial charge in [-0.1, -0.05) is 12.1 Å². The maximum atomic E-state index is 10.7. The molecule has 0 radical (unpaired) electrons. The maximum Gasteiger partial charge on any atom is 0.349 e. The predicted molar refractivity (Wildman–Crippen MR) is 55.3 cm³/mol. The highest BCUT2D eigenvalue weighted by molar-refractivity contribution is 5.86. The van der Waals surface area contributed by atoms with E-state index in [0.29, 0.717) is 0 Å². The summed E-state index contributed by atoms with van der Waals surface area (Å²) >= 11 is 0. The van der Waals surface area contributed by atoms with Crippen LogP contribution < -0.4 is 11.2 Å². The van der Waals surface area contributed by atoms with Gasteiger partial charge in [-0.25, -0.2) is 4.79 Å². The molecule has 0 atom stereocenters. The maximum absolute atomic E-state index is 10.7. The van der Waals surface area contributed by atoms with E-state index >= 15 is 0 Å². The van der Waals surface area contributed by atoms with E-state index in [9.17, 15) is 4.79 Å². The van der Waals surface area contributed by atoms with E-state index in [4.69, 9.17) is 0 Å². The molecule has 0 aliphatic rings. The molecule has 0 saturated carbocycles. The molecule has 0 unspecified atom stereocenters. The Bertz CT molecular complexity index is 330. The van der Waals surface area contributed by atoms with Gasteiger partial charge in [0, 0.05) is 18.8 Å². The number of benzene rings is 1. The molecular formula is C10H12N2O2. The summed E-state index contributed by atoms with van der Waals surface area (Å²) in [7, 11) is 1.84. The third-order valence-corrected chi connectivity index (χ3v) is 1.73. The molecule has 0 amide bonds. The quantitative estimate of drug-likeness (QED) is 0.557. The molecule has 0 aliphatic carbocycles. The lowest BCUT2D eigenvalue weighted by molar-refractivity contribution is -0.138. The lowest BCUT2D eigenvalue weighted by atomic mass is 10.2. The van der Waals surface area contributed by atoms with Gasteiger partial charge in [0.2, 0.25) is 0 Å². The van der Waals surface area contributed by atoms with Crippen molar-refractivity contribution in [1.82, 2.24) is 0 Å². The second kappa shape index (κ2) is 5.04. The van der Waals surface area contributed by atoms with Gasteiger partial charge < -0.3 is 10.2 Å². The molecule has 1 rings (SSSR count). The van der Waals surface area contributed by atoms with Crippen molar-refractivity contribution >= 4 is 17.7 Å². The Hall–Kier alpha value is -1.81. The minimum atomic E-state index is -0.567. The number of carbonyl (C=O) groups excluding carboxylic acids is 1. The van der Waals surface area contributed by atoms with E-state index in [2.05, 4.69) is 16.1 Å². The van der Waals surface area contributed by atoms with Crippen molar-refractivity contribution in [2.75, 3.05) is 12.4 Å². The first-order valence-corrected chi connectivity index (χ1v) is 4.13. The number of carbonyl (C=O) groups is 1. The Morgan fingerprint density at radius 1 is 1.43 bits per heavy atom. The van der Waals surface area contributed by atoms with Crippen LogP contribution in [0.2, 0.25) is 0 Å². The standard InChI is InChI=1S/C10H12N2O2/c1-12-9-5-2-8(3-6-9)4-7-10(13)14-11/h2-7,12H,11H2,1H3/b7-4+. The molecule has 74 valence electrons. The van der Waals surface area contributed by atoms with Crippen LogP contribution in [0.3, 0.4) is 0 Å². The van der Waals surface area contributed by atoms with Gasteiger partial charge in [0.05, 0.1) is 0 Å². The minimum Gasteiger partial charge on any atom is -0.388 e. The number of hydrogen-bond donors (Lipinski definition) is 2. The normalized spacial score (nSPS) is 10.1. The summed E-state index contributed by atoms with van der Waals surface area (Å²) in [5, 5.41) is 2.99. The van der Waals surface area contributed by atoms with Crippen molar-refractivity contribution in [2.24, 2.45) is 5.90 Å². The molecule has 0 fully saturated rings. The SMILES string of the molecule is CNc1ccc(/C=C/C(=O)ON)cc1. The third-order valence-electron chi connectivity index (χ3n) is 1.73. The summed E-state index contributed by atoms with van der Waals surface area (Å²) < 4.78 is 0. The van der Waals surface area contributed by atoms with Crippen molar-refractivity contribution in [3.8, 4) is 0 Å². The van der Waals surface area contributed by atoms with Gasteiger partial charge in [-0.15, -0.1) is 0 Å². The van der Waals surface area contributed by atoms with Crippen LogP contribution in [0.4, 0.5) is 5.69 Å². The summed E-state index contributed by atoms with van der Waals surface area (Å²) in [5.41, 5.74) is 1.93. The van der Waals surface area contributed by atoms with Crippen molar-refractivity contribution < 1.29 is 9.63 Å². The van der Waals surface area contributed by atoms with E-state index < -0.39 is 5.97 Å². The van der Waals surface area contributed by atoms with Gasteiger partial charge in [-0.2, -0.15) is 5.90 Å². The van der Waals surface area contributed by atoms with Crippen LogP contribution >= 0.6 is 0 Å². The molecule has 1 aromatic rings. The monoisotopic (exact) mass is 192 g/mol. The summed E-state index contributed by atoms with van der Waals surface area (Å²) in [4.78, 5) is 14.6. The molecule has 0 saturated heterocycles. The number of rotatable bonds is 3. The predicted octanol–water partition coefficient (Wildman–Crippen LogP) is 1.16. The zero-order valence-corrected chi connectivity index (χ0v) is 7.86. The smallest absolute Gasteiger partial charge is 0.349 e. The van der Waals surface area contributed by atoms with Gasteiger partial charge in [0.1, 0.15) is 0 Å². The third kappa shape index (κ3) is 2.91. The topological polar surface area (TPSA) is 64.3 Å². The molecule has 4 heteroatoms. The number of nitrogens with two attached hydrogens (primary N) is 1. The Balaban J connectivity index is 2.68. The zero-order valence-electron chi connectivity index (χ0n) is 7.86. The van der Waals surface area contributed by atoms with Crippen LogP contribution in [0.1, 0.15) is 5.56 Å². The van der Waals surface area contributed by atoms with Gasteiger partial charge in [0.25, 0.3) is 0 Å². The summed E-state index contributed by atoms with van der Waals surface area (Å²) in [6, 6.07) is 7.58. The fourth-order valence-electron chi connectivity index (χ4n) is 0.964. The van der Waals surface area contributed by atoms with Crippen molar-refractivity contribution in [3.05, 3.63) is 35.9 Å². The van der Waals surface area contributed by atoms with Crippen LogP contribution in [0.15, 0.2) is 30.3 Å². The highest BCUT2D eigenvalue weighted by Crippen LogP contribution is 2.09. The molecule has 1 aromatic carbocycles. The van der Waals surface area contributed by atoms with Gasteiger partial charge in [-0.05, 0) is 23.8 Å². The highest BCUT2D eigenvalue weighted by atomic mass is 16.7. The first kappa shape index (κ1) is 10.3. The van der Waals surface area contributed by atoms with E-state index in [1.807, 2.05) is 31.3 Å². The van der Waals surface area contributed by atoms with E-state index in [0.717, 1.165) is 11.3 Å². The molecule has 0 aliphatic heterocycles. The fourth-order valence-corrected chi connectivity index (χ4v) is 0.964. The molecule has 14 heavy (non-hydrogen) atoms. The van der Waals surface area contributed by atoms with Crippen LogP contribution in [0, 0.1) is 0 Å². The molecular weight excluding hydrogens is 180 g/mol. The van der Waals surface area contributed by atoms with Gasteiger partial charge in [0.15, 0.2) is 0 Å². The van der Waals surface area contributed by atoms with Crippen molar-refractivity contribution in [1.29, 1.82) is 0 Å². The van der Waals surface area contributed by atoms with Crippen molar-refractivity contribution in [2.45, 2.75) is 0 Å². The van der Waals surface area contributed by atoms with Gasteiger partial charge >= 0.3 is 5.97 Å². The van der Waals surface area contributed by atoms with Crippen molar-refractivity contribution in [3.63, 3.8) is 0 Å². The molecule has 0 bridgehead atoms. The van der Waals surface area contributed by atoms with Crippen LogP contribution in [0.25, 0.3) is 6.08 Å². The first-order valence-electron chi connectivity index (χ1n) is 4.13. The Labute approximate surface area is 82.3 Å². The lowest BCUT2D eigenvalue weighted by Crippen LogP contribution is -2.05. The van der Waals surface area contributed by atoms with Gasteiger partial charge in [-0.3, -0.25) is 0 Å². The molecule has 0 spiro atoms. The second-order valence-corrected chi connectivity index (χ2v) is 2.64. The largest absolute Gasteiger partial charge is 0.388 e. The summed E-state index contributed by atoms with van der Waals surface area (Å²) in [5.74, 6) is 4.10. The minimum absolute atomic E-state index is 0.567. The van der Waals surface area contributed by atoms with E-state index in [1.54, 1.807) is 6.08 Å². The first-order chi connectivity index (χ1) is 6.76. The number of anilines is 1. The average molecular weight is 192 g/mol. The molecule has 3 N–H and O–H groups in total. The fraction of sp³-hybridized carbons (Fsp3) is 0.100. The molecule has 4 nitrogen and oxygen atoms in total. The Morgan fingerprint density at radius 2 is 2.07 bits per heavy atom. The summed E-state index contributed by atoms with van der Waals surface area (Å²) in [6.45, 7) is 0. The van der Waals surface area contributed by atoms with E-state index in [-0.39, 0.29) is 0 Å². The Kier molecular flexibility index (Phi) is 3.69. The van der Waals surface area contributed by atoms with E-state index in [1.165, 1.54) is 6.08 Å². The Morgan fingerprint density at radius 3 is 2.57 bits per heavy atom. The zero-order chi connectivity index (χ0) is 10.4. The van der Waals surface area contributed by atoms with Crippen LogP contribution in [-0.2, 0) is 9.63 Å². The average Bonchev–Trinajstić information content (AvgIpc) is 2.26. The highest BCUT2D eigenvalue weighted by Gasteiger charge is 1.92. The second-order valence-electron chi connectivity index (χ2n) is 2.64. The lowest BCUT2D eigenvalue weighted by Gasteiger charge is -1.98. The molecule has 0 aromatic heterocycles. The number of nitrogens with one attached hydrogen (secondary N) is 1. The van der Waals surface area contributed by atoms with Crippen LogP contribution in [-0.4, -0.2) is 13.0 Å². The number of hydrogen-bond acceptors (Lipinski definition) is 4.